The van der Waals surface area contributed by atoms with Gasteiger partial charge in [-0.1, -0.05) is 12.1 Å². The summed E-state index contributed by atoms with van der Waals surface area (Å²) >= 11 is 0. The van der Waals surface area contributed by atoms with Crippen molar-refractivity contribution in [3.05, 3.63) is 47.0 Å². The molecule has 1 atom stereocenters. The fraction of sp³-hybridized carbons (Fsp3) is 0.222. The van der Waals surface area contributed by atoms with E-state index in [0.29, 0.717) is 28.2 Å². The van der Waals surface area contributed by atoms with Gasteiger partial charge in [-0.2, -0.15) is 5.10 Å². The van der Waals surface area contributed by atoms with Gasteiger partial charge in [-0.25, -0.2) is 5.43 Å². The Labute approximate surface area is 144 Å². The summed E-state index contributed by atoms with van der Waals surface area (Å²) in [6.07, 6.45) is 0.510. The van der Waals surface area contributed by atoms with Crippen LogP contribution in [0.25, 0.3) is 0 Å². The maximum Gasteiger partial charge on any atom is 0.284 e. The number of nitrogens with one attached hydrogen (secondary N) is 1. The minimum atomic E-state index is -0.816. The molecule has 0 spiro atoms. The summed E-state index contributed by atoms with van der Waals surface area (Å²) in [7, 11) is 0. The van der Waals surface area contributed by atoms with Gasteiger partial charge in [0, 0.05) is 11.1 Å². The Kier molecular flexibility index (Phi) is 4.47. The zero-order valence-electron chi connectivity index (χ0n) is 13.8. The van der Waals surface area contributed by atoms with Gasteiger partial charge in [-0.15, -0.1) is 0 Å². The fourth-order valence-corrected chi connectivity index (χ4v) is 2.45. The summed E-state index contributed by atoms with van der Waals surface area (Å²) in [6.45, 7) is 3.39. The highest BCUT2D eigenvalue weighted by Crippen LogP contribution is 2.32. The van der Waals surface area contributed by atoms with Gasteiger partial charge >= 0.3 is 0 Å². The number of carbonyl (C=O) groups excluding carboxylic acids is 1. The second-order valence-electron chi connectivity index (χ2n) is 5.70. The van der Waals surface area contributed by atoms with E-state index in [4.69, 9.17) is 9.47 Å². The normalized spacial score (nSPS) is 16.0. The number of ether oxygens (including phenoxy) is 2. The summed E-state index contributed by atoms with van der Waals surface area (Å²) in [5.74, 6) is 0.554. The number of hydrogen-bond donors (Lipinski definition) is 3. The van der Waals surface area contributed by atoms with Crippen LogP contribution in [0.1, 0.15) is 16.7 Å². The maximum atomic E-state index is 12.2. The van der Waals surface area contributed by atoms with Crippen molar-refractivity contribution in [1.29, 1.82) is 0 Å². The molecule has 1 amide bonds. The Hall–Kier alpha value is -3.22. The SMILES string of the molecule is Cc1cc(O)c(C)c(O)c1/C=N/NC(=O)C1COc2ccccc2O1. The lowest BCUT2D eigenvalue weighted by Gasteiger charge is -2.24. The first-order valence-electron chi connectivity index (χ1n) is 7.71. The quantitative estimate of drug-likeness (QED) is 0.585. The number of amides is 1. The van der Waals surface area contributed by atoms with Crippen LogP contribution in [0.15, 0.2) is 35.4 Å². The van der Waals surface area contributed by atoms with E-state index in [0.717, 1.165) is 0 Å². The van der Waals surface area contributed by atoms with Crippen molar-refractivity contribution in [3.63, 3.8) is 0 Å². The van der Waals surface area contributed by atoms with Crippen LogP contribution in [-0.2, 0) is 4.79 Å². The van der Waals surface area contributed by atoms with Crippen molar-refractivity contribution in [2.45, 2.75) is 20.0 Å². The maximum absolute atomic E-state index is 12.2. The Morgan fingerprint density at radius 3 is 2.76 bits per heavy atom. The number of fused-ring (bicyclic) bond motifs is 1. The molecule has 0 saturated heterocycles. The highest BCUT2D eigenvalue weighted by Gasteiger charge is 2.27. The van der Waals surface area contributed by atoms with Crippen LogP contribution in [0.4, 0.5) is 0 Å². The minimum absolute atomic E-state index is 0.00241. The lowest BCUT2D eigenvalue weighted by atomic mass is 10.0. The summed E-state index contributed by atoms with van der Waals surface area (Å²) in [5.41, 5.74) is 3.77. The number of hydrazone groups is 1. The number of benzene rings is 2. The number of rotatable bonds is 3. The Morgan fingerprint density at radius 2 is 2.00 bits per heavy atom. The summed E-state index contributed by atoms with van der Waals surface area (Å²) in [6, 6.07) is 8.62. The van der Waals surface area contributed by atoms with Gasteiger partial charge < -0.3 is 19.7 Å². The molecule has 0 bridgehead atoms. The Balaban J connectivity index is 1.67. The van der Waals surface area contributed by atoms with E-state index in [2.05, 4.69) is 10.5 Å². The Bertz CT molecular complexity index is 848. The van der Waals surface area contributed by atoms with Crippen LogP contribution in [0.5, 0.6) is 23.0 Å². The van der Waals surface area contributed by atoms with Crippen molar-refractivity contribution in [2.24, 2.45) is 5.10 Å². The van der Waals surface area contributed by atoms with Gasteiger partial charge in [0.05, 0.1) is 6.21 Å². The van der Waals surface area contributed by atoms with Crippen LogP contribution < -0.4 is 14.9 Å². The van der Waals surface area contributed by atoms with Crippen LogP contribution >= 0.6 is 0 Å². The molecule has 0 saturated carbocycles. The molecule has 3 rings (SSSR count). The molecule has 0 radical (unpaired) electrons. The van der Waals surface area contributed by atoms with E-state index in [1.54, 1.807) is 32.0 Å². The number of hydrogen-bond acceptors (Lipinski definition) is 6. The minimum Gasteiger partial charge on any atom is -0.508 e. The molecule has 3 N–H and O–H groups in total. The molecule has 7 nitrogen and oxygen atoms in total. The Morgan fingerprint density at radius 1 is 1.28 bits per heavy atom. The monoisotopic (exact) mass is 342 g/mol. The molecule has 0 aromatic heterocycles. The van der Waals surface area contributed by atoms with E-state index < -0.39 is 12.0 Å². The smallest absolute Gasteiger partial charge is 0.284 e. The third kappa shape index (κ3) is 3.35. The van der Waals surface area contributed by atoms with Crippen molar-refractivity contribution >= 4 is 12.1 Å². The molecule has 1 heterocycles. The van der Waals surface area contributed by atoms with Crippen molar-refractivity contribution in [3.8, 4) is 23.0 Å². The molecule has 1 aliphatic heterocycles. The molecule has 25 heavy (non-hydrogen) atoms. The summed E-state index contributed by atoms with van der Waals surface area (Å²) in [4.78, 5) is 12.2. The third-order valence-corrected chi connectivity index (χ3v) is 3.94. The second kappa shape index (κ2) is 6.72. The van der Waals surface area contributed by atoms with Crippen LogP contribution in [0, 0.1) is 13.8 Å². The van der Waals surface area contributed by atoms with Crippen molar-refractivity contribution in [1.82, 2.24) is 5.43 Å². The number of phenolic OH excluding ortho intramolecular Hbond substituents is 2. The third-order valence-electron chi connectivity index (χ3n) is 3.94. The lowest BCUT2D eigenvalue weighted by molar-refractivity contribution is -0.130. The predicted molar refractivity (Wildman–Crippen MR) is 91.3 cm³/mol. The largest absolute Gasteiger partial charge is 0.508 e. The molecular formula is C18H18N2O5. The topological polar surface area (TPSA) is 100 Å². The highest BCUT2D eigenvalue weighted by molar-refractivity contribution is 5.88. The van der Waals surface area contributed by atoms with E-state index >= 15 is 0 Å². The first-order valence-corrected chi connectivity index (χ1v) is 7.71. The van der Waals surface area contributed by atoms with Crippen LogP contribution in [0.2, 0.25) is 0 Å². The van der Waals surface area contributed by atoms with Gasteiger partial charge in [0.25, 0.3) is 5.91 Å². The summed E-state index contributed by atoms with van der Waals surface area (Å²) < 4.78 is 11.1. The first kappa shape index (κ1) is 16.6. The zero-order valence-corrected chi connectivity index (χ0v) is 13.8. The number of nitrogens with zero attached hydrogens (tertiary/aromatic N) is 1. The van der Waals surface area contributed by atoms with Gasteiger partial charge in [0.15, 0.2) is 11.5 Å². The number of carbonyl (C=O) groups is 1. The second-order valence-corrected chi connectivity index (χ2v) is 5.70. The number of phenols is 2. The van der Waals surface area contributed by atoms with E-state index in [1.807, 2.05) is 6.07 Å². The molecule has 0 fully saturated rings. The molecule has 1 unspecified atom stereocenters. The van der Waals surface area contributed by atoms with E-state index in [1.165, 1.54) is 12.3 Å². The number of aryl methyl sites for hydroxylation is 1. The average molecular weight is 342 g/mol. The van der Waals surface area contributed by atoms with Gasteiger partial charge in [-0.05, 0) is 37.6 Å². The predicted octanol–water partition coefficient (Wildman–Crippen LogP) is 2.00. The number of para-hydroxylation sites is 2. The van der Waals surface area contributed by atoms with Gasteiger partial charge in [0.1, 0.15) is 18.1 Å². The lowest BCUT2D eigenvalue weighted by Crippen LogP contribution is -2.42. The first-order chi connectivity index (χ1) is 12.0. The van der Waals surface area contributed by atoms with E-state index in [-0.39, 0.29) is 18.1 Å². The molecule has 130 valence electrons. The molecular weight excluding hydrogens is 324 g/mol. The molecule has 2 aromatic rings. The summed E-state index contributed by atoms with van der Waals surface area (Å²) in [5, 5.41) is 23.6. The van der Waals surface area contributed by atoms with Gasteiger partial charge in [-0.3, -0.25) is 4.79 Å². The van der Waals surface area contributed by atoms with Gasteiger partial charge in [0.2, 0.25) is 6.10 Å². The molecule has 7 heteroatoms. The highest BCUT2D eigenvalue weighted by atomic mass is 16.6. The molecule has 2 aromatic carbocycles. The van der Waals surface area contributed by atoms with Crippen molar-refractivity contribution < 1.29 is 24.5 Å². The standard InChI is InChI=1S/C18H18N2O5/c1-10-7-13(21)11(2)17(22)12(10)8-19-20-18(23)16-9-24-14-5-3-4-6-15(14)25-16/h3-8,16,21-22H,9H2,1-2H3,(H,20,23)/b19-8+. The van der Waals surface area contributed by atoms with E-state index in [9.17, 15) is 15.0 Å². The van der Waals surface area contributed by atoms with Crippen LogP contribution in [-0.4, -0.2) is 35.0 Å². The van der Waals surface area contributed by atoms with Crippen molar-refractivity contribution in [2.75, 3.05) is 6.61 Å². The fourth-order valence-electron chi connectivity index (χ4n) is 2.45. The zero-order chi connectivity index (χ0) is 18.0. The number of aromatic hydroxyl groups is 2. The average Bonchev–Trinajstić information content (AvgIpc) is 2.62. The van der Waals surface area contributed by atoms with Crippen LogP contribution in [0.3, 0.4) is 0 Å². The molecule has 1 aliphatic rings. The molecule has 0 aliphatic carbocycles.